The molecule has 0 radical (unpaired) electrons. The molecule has 1 amide bonds. The van der Waals surface area contributed by atoms with E-state index in [-0.39, 0.29) is 42.0 Å². The fourth-order valence-electron chi connectivity index (χ4n) is 2.94. The van der Waals surface area contributed by atoms with E-state index in [4.69, 9.17) is 15.2 Å². The van der Waals surface area contributed by atoms with Crippen LogP contribution in [0.3, 0.4) is 0 Å². The summed E-state index contributed by atoms with van der Waals surface area (Å²) in [6.45, 7) is 3.04. The first kappa shape index (κ1) is 23.5. The van der Waals surface area contributed by atoms with E-state index in [1.165, 1.54) is 24.6 Å². The molecule has 154 valence electrons. The largest absolute Gasteiger partial charge is 0.497 e. The van der Waals surface area contributed by atoms with Gasteiger partial charge in [-0.3, -0.25) is 4.79 Å². The summed E-state index contributed by atoms with van der Waals surface area (Å²) in [5, 5.41) is 0. The molecule has 1 fully saturated rings. The summed E-state index contributed by atoms with van der Waals surface area (Å²) >= 11 is 0. The Hall–Kier alpha value is -1.55. The zero-order chi connectivity index (χ0) is 19.3. The number of nitrogens with zero attached hydrogens (tertiary/aromatic N) is 2. The van der Waals surface area contributed by atoms with Crippen molar-refractivity contribution in [1.29, 1.82) is 0 Å². The fraction of sp³-hybridized carbons (Fsp3) is 0.588. The number of methoxy groups -OCH3 is 2. The van der Waals surface area contributed by atoms with E-state index < -0.39 is 16.1 Å². The number of halogens is 1. The molecule has 1 aliphatic rings. The molecule has 0 aliphatic carbocycles. The van der Waals surface area contributed by atoms with Gasteiger partial charge in [0.25, 0.3) is 0 Å². The monoisotopic (exact) mass is 421 g/mol. The van der Waals surface area contributed by atoms with E-state index in [1.807, 2.05) is 6.92 Å². The van der Waals surface area contributed by atoms with Crippen LogP contribution in [-0.2, 0) is 14.8 Å². The van der Waals surface area contributed by atoms with E-state index in [2.05, 4.69) is 0 Å². The molecule has 1 unspecified atom stereocenters. The molecule has 27 heavy (non-hydrogen) atoms. The third kappa shape index (κ3) is 5.25. The highest BCUT2D eigenvalue weighted by atomic mass is 35.5. The van der Waals surface area contributed by atoms with Crippen molar-refractivity contribution in [2.75, 3.05) is 40.4 Å². The van der Waals surface area contributed by atoms with Crippen LogP contribution in [0.15, 0.2) is 23.1 Å². The van der Waals surface area contributed by atoms with Crippen molar-refractivity contribution < 1.29 is 22.7 Å². The fourth-order valence-corrected chi connectivity index (χ4v) is 4.54. The van der Waals surface area contributed by atoms with Gasteiger partial charge in [-0.25, -0.2) is 8.42 Å². The Bertz CT molecular complexity index is 736. The third-order valence-corrected chi connectivity index (χ3v) is 6.38. The summed E-state index contributed by atoms with van der Waals surface area (Å²) < 4.78 is 37.7. The average Bonchev–Trinajstić information content (AvgIpc) is 2.67. The Morgan fingerprint density at radius 3 is 2.33 bits per heavy atom. The molecule has 0 aromatic heterocycles. The van der Waals surface area contributed by atoms with Gasteiger partial charge in [-0.2, -0.15) is 4.31 Å². The summed E-state index contributed by atoms with van der Waals surface area (Å²) in [5.41, 5.74) is 5.89. The summed E-state index contributed by atoms with van der Waals surface area (Å²) in [6.07, 6.45) is 1.45. The quantitative estimate of drug-likeness (QED) is 0.706. The van der Waals surface area contributed by atoms with Gasteiger partial charge >= 0.3 is 0 Å². The number of benzene rings is 1. The van der Waals surface area contributed by atoms with Crippen LogP contribution in [-0.4, -0.2) is 70.0 Å². The third-order valence-electron chi connectivity index (χ3n) is 4.46. The number of ether oxygens (including phenoxy) is 2. The highest BCUT2D eigenvalue weighted by Crippen LogP contribution is 2.31. The zero-order valence-corrected chi connectivity index (χ0v) is 17.5. The van der Waals surface area contributed by atoms with Crippen molar-refractivity contribution in [3.05, 3.63) is 18.2 Å². The molecule has 0 bridgehead atoms. The first-order valence-corrected chi connectivity index (χ1v) is 10.1. The van der Waals surface area contributed by atoms with Crippen LogP contribution in [0.25, 0.3) is 0 Å². The minimum Gasteiger partial charge on any atom is -0.497 e. The van der Waals surface area contributed by atoms with Gasteiger partial charge in [-0.05, 0) is 18.6 Å². The standard InChI is InChI=1S/C17H27N3O5S.ClH/c1-4-5-14(18)17(21)19-8-10-20(11-9-19)26(22,23)16-12-13(24-2)6-7-15(16)25-3;/h6-7,12,14H,4-5,8-11,18H2,1-3H3;1H. The predicted octanol–water partition coefficient (Wildman–Crippen LogP) is 1.09. The Kier molecular flexibility index (Phi) is 8.80. The SMILES string of the molecule is CCCC(N)C(=O)N1CCN(S(=O)(=O)c2cc(OC)ccc2OC)CC1.Cl. The minimum absolute atomic E-state index is 0. The van der Waals surface area contributed by atoms with E-state index in [9.17, 15) is 13.2 Å². The number of sulfonamides is 1. The molecule has 1 heterocycles. The van der Waals surface area contributed by atoms with Crippen molar-refractivity contribution >= 4 is 28.3 Å². The van der Waals surface area contributed by atoms with Gasteiger partial charge < -0.3 is 20.1 Å². The number of hydrogen-bond donors (Lipinski definition) is 1. The number of piperazine rings is 1. The van der Waals surface area contributed by atoms with Gasteiger partial charge in [-0.15, -0.1) is 12.4 Å². The van der Waals surface area contributed by atoms with Crippen LogP contribution in [0.4, 0.5) is 0 Å². The molecule has 10 heteroatoms. The van der Waals surface area contributed by atoms with Crippen LogP contribution in [0.1, 0.15) is 19.8 Å². The Morgan fingerprint density at radius 2 is 1.81 bits per heavy atom. The van der Waals surface area contributed by atoms with Crippen molar-refractivity contribution in [1.82, 2.24) is 9.21 Å². The molecule has 0 spiro atoms. The molecule has 2 rings (SSSR count). The number of carbonyl (C=O) groups excluding carboxylic acids is 1. The van der Waals surface area contributed by atoms with Crippen LogP contribution in [0.2, 0.25) is 0 Å². The lowest BCUT2D eigenvalue weighted by Gasteiger charge is -2.35. The van der Waals surface area contributed by atoms with E-state index in [0.29, 0.717) is 25.3 Å². The second-order valence-electron chi connectivity index (χ2n) is 6.14. The van der Waals surface area contributed by atoms with Gasteiger partial charge in [0.15, 0.2) is 0 Å². The molecule has 1 aromatic carbocycles. The van der Waals surface area contributed by atoms with Crippen molar-refractivity contribution in [3.63, 3.8) is 0 Å². The highest BCUT2D eigenvalue weighted by Gasteiger charge is 2.33. The molecule has 0 saturated carbocycles. The first-order valence-electron chi connectivity index (χ1n) is 8.61. The van der Waals surface area contributed by atoms with Crippen molar-refractivity contribution in [2.45, 2.75) is 30.7 Å². The molecular weight excluding hydrogens is 394 g/mol. The zero-order valence-electron chi connectivity index (χ0n) is 15.9. The maximum absolute atomic E-state index is 13.0. The summed E-state index contributed by atoms with van der Waals surface area (Å²) in [5.74, 6) is 0.570. The second-order valence-corrected chi connectivity index (χ2v) is 8.05. The Balaban J connectivity index is 0.00000364. The molecule has 1 atom stereocenters. The van der Waals surface area contributed by atoms with Crippen LogP contribution >= 0.6 is 12.4 Å². The lowest BCUT2D eigenvalue weighted by molar-refractivity contribution is -0.133. The maximum Gasteiger partial charge on any atom is 0.247 e. The van der Waals surface area contributed by atoms with E-state index in [0.717, 1.165) is 6.42 Å². The van der Waals surface area contributed by atoms with Crippen LogP contribution in [0, 0.1) is 0 Å². The van der Waals surface area contributed by atoms with Crippen LogP contribution in [0.5, 0.6) is 11.5 Å². The lowest BCUT2D eigenvalue weighted by atomic mass is 10.1. The predicted molar refractivity (Wildman–Crippen MR) is 105 cm³/mol. The number of carbonyl (C=O) groups is 1. The summed E-state index contributed by atoms with van der Waals surface area (Å²) in [6, 6.07) is 4.13. The van der Waals surface area contributed by atoms with Gasteiger partial charge in [0.05, 0.1) is 20.3 Å². The van der Waals surface area contributed by atoms with Gasteiger partial charge in [0.2, 0.25) is 15.9 Å². The van der Waals surface area contributed by atoms with Gasteiger partial charge in [0, 0.05) is 32.2 Å². The van der Waals surface area contributed by atoms with Crippen LogP contribution < -0.4 is 15.2 Å². The number of hydrogen-bond acceptors (Lipinski definition) is 6. The summed E-state index contributed by atoms with van der Waals surface area (Å²) in [7, 11) is -0.860. The van der Waals surface area contributed by atoms with Crippen molar-refractivity contribution in [3.8, 4) is 11.5 Å². The van der Waals surface area contributed by atoms with Crippen molar-refractivity contribution in [2.24, 2.45) is 5.73 Å². The minimum atomic E-state index is -3.76. The summed E-state index contributed by atoms with van der Waals surface area (Å²) in [4.78, 5) is 14.0. The van der Waals surface area contributed by atoms with Gasteiger partial charge in [0.1, 0.15) is 16.4 Å². The lowest BCUT2D eigenvalue weighted by Crippen LogP contribution is -2.54. The normalized spacial score (nSPS) is 16.4. The smallest absolute Gasteiger partial charge is 0.247 e. The molecule has 8 nitrogen and oxygen atoms in total. The highest BCUT2D eigenvalue weighted by molar-refractivity contribution is 7.89. The van der Waals surface area contributed by atoms with E-state index >= 15 is 0 Å². The molecule has 1 saturated heterocycles. The molecule has 1 aromatic rings. The Morgan fingerprint density at radius 1 is 1.19 bits per heavy atom. The number of rotatable bonds is 7. The average molecular weight is 422 g/mol. The number of amides is 1. The van der Waals surface area contributed by atoms with Gasteiger partial charge in [-0.1, -0.05) is 13.3 Å². The van der Waals surface area contributed by atoms with E-state index in [1.54, 1.807) is 17.0 Å². The number of nitrogens with two attached hydrogens (primary N) is 1. The second kappa shape index (κ2) is 10.1. The molecular formula is C17H28ClN3O5S. The topological polar surface area (TPSA) is 102 Å². The molecule has 1 aliphatic heterocycles. The molecule has 2 N–H and O–H groups in total. The first-order chi connectivity index (χ1) is 12.3. The maximum atomic E-state index is 13.0. The Labute approximate surface area is 167 Å².